The lowest BCUT2D eigenvalue weighted by Gasteiger charge is -2.19. The molecule has 12 rings (SSSR count). The molecule has 0 aliphatic heterocycles. The Bertz CT molecular complexity index is 4120. The first-order valence-corrected chi connectivity index (χ1v) is 37.4. The van der Waals surface area contributed by atoms with Gasteiger partial charge in [0.25, 0.3) is 0 Å². The van der Waals surface area contributed by atoms with E-state index < -0.39 is 60.3 Å². The van der Waals surface area contributed by atoms with Crippen LogP contribution >= 0.6 is 45.3 Å². The van der Waals surface area contributed by atoms with Crippen molar-refractivity contribution in [3.8, 4) is 0 Å². The minimum atomic E-state index is -3.49. The third-order valence-electron chi connectivity index (χ3n) is 15.3. The van der Waals surface area contributed by atoms with E-state index in [-0.39, 0.29) is 41.5 Å². The highest BCUT2D eigenvalue weighted by molar-refractivity contribution is 7.95. The molecule has 0 radical (unpaired) electrons. The lowest BCUT2D eigenvalue weighted by atomic mass is 10.2. The molecule has 88 heavy (non-hydrogen) atoms. The van der Waals surface area contributed by atoms with Crippen molar-refractivity contribution in [3.05, 3.63) is 169 Å². The molecule has 28 heteroatoms. The van der Waals surface area contributed by atoms with E-state index in [1.54, 1.807) is 71.2 Å². The SMILES string of the molecule is Cc1cnn([C@@H](C)[C@@H](C)S(=O)(=O)c2nc3ccccc3s2)c1.Cc1cnn([C@@H](C)[C@H](C)S(=O)(=O)c2nc3ccccc3s2)c1.Cc1cnn([C@H](C)[C@@H](C)S(=O)(=O)c2nc3ccccc3s2)c1.Cc1cnn([C@H](C)[C@H](C)S(=O)(=O)c2nc3ccccc3s2)c1. The van der Waals surface area contributed by atoms with Crippen LogP contribution in [0.25, 0.3) is 40.9 Å². The van der Waals surface area contributed by atoms with Crippen LogP contribution in [0.5, 0.6) is 0 Å². The Morgan fingerprint density at radius 2 is 0.489 bits per heavy atom. The molecule has 0 N–H and O–H groups in total. The number of benzene rings is 4. The molecular weight excluding hydrogens is 1270 g/mol. The van der Waals surface area contributed by atoms with Crippen molar-refractivity contribution in [2.75, 3.05) is 0 Å². The van der Waals surface area contributed by atoms with E-state index in [9.17, 15) is 33.7 Å². The van der Waals surface area contributed by atoms with Crippen LogP contribution < -0.4 is 0 Å². The molecule has 8 atom stereocenters. The number of nitrogens with zero attached hydrogens (tertiary/aromatic N) is 12. The molecule has 0 saturated heterocycles. The zero-order valence-electron chi connectivity index (χ0n) is 50.4. The van der Waals surface area contributed by atoms with Gasteiger partial charge in [-0.1, -0.05) is 48.5 Å². The predicted molar refractivity (Wildman–Crippen MR) is 352 cm³/mol. The molecule has 0 aliphatic rings. The highest BCUT2D eigenvalue weighted by atomic mass is 32.3. The molecule has 8 heterocycles. The molecule has 0 fully saturated rings. The molecule has 8 aromatic heterocycles. The summed E-state index contributed by atoms with van der Waals surface area (Å²) in [5.41, 5.74) is 6.93. The van der Waals surface area contributed by atoms with E-state index >= 15 is 0 Å². The predicted octanol–water partition coefficient (Wildman–Crippen LogP) is 12.9. The van der Waals surface area contributed by atoms with Crippen molar-refractivity contribution in [2.45, 2.75) is 146 Å². The smallest absolute Gasteiger partial charge is 0.210 e. The highest BCUT2D eigenvalue weighted by Crippen LogP contribution is 2.35. The van der Waals surface area contributed by atoms with Crippen molar-refractivity contribution in [2.24, 2.45) is 0 Å². The summed E-state index contributed by atoms with van der Waals surface area (Å²) < 4.78 is 114. The summed E-state index contributed by atoms with van der Waals surface area (Å²) in [4.78, 5) is 17.2. The fraction of sp³-hybridized carbons (Fsp3) is 0.333. The quantitative estimate of drug-likeness (QED) is 0.0870. The number of sulfone groups is 4. The van der Waals surface area contributed by atoms with Gasteiger partial charge in [0.1, 0.15) is 0 Å². The van der Waals surface area contributed by atoms with Gasteiger partial charge in [0.2, 0.25) is 56.7 Å². The molecule has 0 bridgehead atoms. The van der Waals surface area contributed by atoms with E-state index in [1.165, 1.54) is 45.3 Å². The minimum absolute atomic E-state index is 0.178. The average molecular weight is 1340 g/mol. The summed E-state index contributed by atoms with van der Waals surface area (Å²) in [6.07, 6.45) is 14.3. The largest absolute Gasteiger partial charge is 0.268 e. The number of para-hydroxylation sites is 4. The Kier molecular flexibility index (Phi) is 19.8. The average Bonchev–Trinajstić information content (AvgIpc) is 2.00. The van der Waals surface area contributed by atoms with Crippen molar-refractivity contribution in [3.63, 3.8) is 0 Å². The molecule has 0 unspecified atom stereocenters. The summed E-state index contributed by atoms with van der Waals surface area (Å²) in [7, 11) is -14.0. The van der Waals surface area contributed by atoms with Crippen molar-refractivity contribution < 1.29 is 33.7 Å². The fourth-order valence-electron chi connectivity index (χ4n) is 9.05. The summed E-state index contributed by atoms with van der Waals surface area (Å²) >= 11 is 4.89. The lowest BCUT2D eigenvalue weighted by molar-refractivity contribution is 0.464. The van der Waals surface area contributed by atoms with Crippen molar-refractivity contribution in [1.82, 2.24) is 59.1 Å². The number of hydrogen-bond donors (Lipinski definition) is 0. The summed E-state index contributed by atoms with van der Waals surface area (Å²) in [6.45, 7) is 22.0. The molecule has 20 nitrogen and oxygen atoms in total. The van der Waals surface area contributed by atoms with E-state index in [4.69, 9.17) is 0 Å². The Labute approximate surface area is 528 Å². The summed E-state index contributed by atoms with van der Waals surface area (Å²) in [5.74, 6) is 0. The van der Waals surface area contributed by atoms with Crippen LogP contribution in [0.3, 0.4) is 0 Å². The zero-order chi connectivity index (χ0) is 63.6. The number of thiazole rings is 4. The van der Waals surface area contributed by atoms with Gasteiger partial charge >= 0.3 is 0 Å². The first kappa shape index (κ1) is 65.5. The number of rotatable bonds is 16. The van der Waals surface area contributed by atoms with Gasteiger partial charge in [0.05, 0.1) is 111 Å². The third-order valence-corrected chi connectivity index (χ3v) is 30.3. The van der Waals surface area contributed by atoms with Crippen molar-refractivity contribution in [1.29, 1.82) is 0 Å². The maximum Gasteiger partial charge on any atom is 0.210 e. The van der Waals surface area contributed by atoms with Crippen LogP contribution in [-0.2, 0) is 39.3 Å². The number of fused-ring (bicyclic) bond motifs is 4. The van der Waals surface area contributed by atoms with Crippen LogP contribution in [0.1, 0.15) is 102 Å². The maximum atomic E-state index is 12.8. The summed E-state index contributed by atoms with van der Waals surface area (Å²) in [5, 5.41) is 14.5. The monoisotopic (exact) mass is 1340 g/mol. The normalized spacial score (nSPS) is 15.0. The molecule has 4 aromatic carbocycles. The van der Waals surface area contributed by atoms with E-state index in [2.05, 4.69) is 40.3 Å². The van der Waals surface area contributed by atoms with Crippen LogP contribution in [0.15, 0.2) is 164 Å². The molecule has 0 amide bonds. The van der Waals surface area contributed by atoms with Gasteiger partial charge in [-0.05, 0) is 154 Å². The van der Waals surface area contributed by atoms with Crippen LogP contribution in [-0.4, -0.2) is 114 Å². The summed E-state index contributed by atoms with van der Waals surface area (Å²) in [6, 6.07) is 28.8. The van der Waals surface area contributed by atoms with Gasteiger partial charge in [0, 0.05) is 24.8 Å². The van der Waals surface area contributed by atoms with Gasteiger partial charge in [-0.25, -0.2) is 53.6 Å². The molecule has 0 saturated carbocycles. The first-order chi connectivity index (χ1) is 41.6. The molecule has 464 valence electrons. The van der Waals surface area contributed by atoms with Crippen LogP contribution in [0.2, 0.25) is 0 Å². The zero-order valence-corrected chi connectivity index (χ0v) is 56.9. The number of hydrogen-bond acceptors (Lipinski definition) is 20. The molecule has 0 aliphatic carbocycles. The van der Waals surface area contributed by atoms with Gasteiger partial charge in [-0.3, -0.25) is 18.7 Å². The number of aryl methyl sites for hydroxylation is 4. The Morgan fingerprint density at radius 1 is 0.307 bits per heavy atom. The molecule has 0 spiro atoms. The van der Waals surface area contributed by atoms with Gasteiger partial charge in [-0.2, -0.15) is 20.4 Å². The van der Waals surface area contributed by atoms with Crippen LogP contribution in [0.4, 0.5) is 0 Å². The second kappa shape index (κ2) is 26.7. The van der Waals surface area contributed by atoms with Crippen LogP contribution in [0, 0.1) is 27.7 Å². The molecular formula is C60H68N12O8S8. The minimum Gasteiger partial charge on any atom is -0.268 e. The topological polar surface area (TPSA) is 259 Å². The second-order valence-electron chi connectivity index (χ2n) is 21.7. The Morgan fingerprint density at radius 3 is 0.648 bits per heavy atom. The van der Waals surface area contributed by atoms with Gasteiger partial charge in [-0.15, -0.1) is 45.3 Å². The fourth-order valence-corrected chi connectivity index (χ4v) is 21.3. The van der Waals surface area contributed by atoms with E-state index in [0.29, 0.717) is 0 Å². The van der Waals surface area contributed by atoms with E-state index in [0.717, 1.165) is 63.1 Å². The standard InChI is InChI=1S/4C15H17N3O2S2/c4*1-10-8-16-18(9-10)11(2)12(3)22(19,20)15-17-13-6-4-5-7-14(13)21-15/h4*4-9,11-12H,1-3H3/t2*11-,12+;2*11-,12-/m1010/s1. The van der Waals surface area contributed by atoms with Gasteiger partial charge in [0.15, 0.2) is 0 Å². The first-order valence-electron chi connectivity index (χ1n) is 28.0. The Hall–Kier alpha value is -6.92. The van der Waals surface area contributed by atoms with E-state index in [1.807, 2.05) is 177 Å². The highest BCUT2D eigenvalue weighted by Gasteiger charge is 2.36. The number of aromatic nitrogens is 12. The lowest BCUT2D eigenvalue weighted by Crippen LogP contribution is -2.28. The second-order valence-corrected chi connectivity index (χ2v) is 35.8. The maximum absolute atomic E-state index is 12.8. The Balaban J connectivity index is 0.000000140. The van der Waals surface area contributed by atoms with Crippen molar-refractivity contribution >= 4 is 126 Å². The molecule has 12 aromatic rings. The van der Waals surface area contributed by atoms with Gasteiger partial charge < -0.3 is 0 Å². The third kappa shape index (κ3) is 14.1.